The van der Waals surface area contributed by atoms with E-state index in [4.69, 9.17) is 10.00 Å². The number of aromatic nitrogens is 2. The van der Waals surface area contributed by atoms with Gasteiger partial charge in [0, 0.05) is 16.6 Å². The van der Waals surface area contributed by atoms with Crippen molar-refractivity contribution in [2.45, 2.75) is 39.0 Å². The molecule has 0 bridgehead atoms. The predicted molar refractivity (Wildman–Crippen MR) is 105 cm³/mol. The van der Waals surface area contributed by atoms with Crippen LogP contribution >= 0.6 is 11.3 Å². The molecule has 0 saturated heterocycles. The molecule has 0 atom stereocenters. The first-order valence-electron chi connectivity index (χ1n) is 8.94. The van der Waals surface area contributed by atoms with E-state index in [1.54, 1.807) is 12.3 Å². The molecule has 0 aliphatic heterocycles. The summed E-state index contributed by atoms with van der Waals surface area (Å²) < 4.78 is 44.5. The lowest BCUT2D eigenvalue weighted by atomic mass is 10.1. The predicted octanol–water partition coefficient (Wildman–Crippen LogP) is 5.67. The molecular formula is C21H18F3N3OS. The number of thiazole rings is 1. The van der Waals surface area contributed by atoms with Crippen LogP contribution in [-0.4, -0.2) is 16.1 Å². The van der Waals surface area contributed by atoms with Gasteiger partial charge in [-0.05, 0) is 68.7 Å². The van der Waals surface area contributed by atoms with Crippen molar-refractivity contribution in [3.05, 3.63) is 64.4 Å². The zero-order valence-electron chi connectivity index (χ0n) is 15.8. The van der Waals surface area contributed by atoms with Gasteiger partial charge in [0.1, 0.15) is 28.2 Å². The quantitative estimate of drug-likeness (QED) is 0.519. The van der Waals surface area contributed by atoms with Gasteiger partial charge in [-0.25, -0.2) is 9.97 Å². The lowest BCUT2D eigenvalue weighted by Crippen LogP contribution is -2.10. The van der Waals surface area contributed by atoms with Crippen molar-refractivity contribution in [2.24, 2.45) is 0 Å². The van der Waals surface area contributed by atoms with Crippen molar-refractivity contribution >= 4 is 11.3 Å². The van der Waals surface area contributed by atoms with Gasteiger partial charge in [0.05, 0.1) is 6.10 Å². The highest BCUT2D eigenvalue weighted by molar-refractivity contribution is 7.15. The number of halogens is 3. The molecular weight excluding hydrogens is 399 g/mol. The van der Waals surface area contributed by atoms with Gasteiger partial charge < -0.3 is 4.74 Å². The number of aryl methyl sites for hydroxylation is 2. The van der Waals surface area contributed by atoms with Crippen LogP contribution in [0.5, 0.6) is 5.75 Å². The molecule has 0 aliphatic carbocycles. The van der Waals surface area contributed by atoms with E-state index in [1.165, 1.54) is 17.4 Å². The van der Waals surface area contributed by atoms with Gasteiger partial charge >= 0.3 is 6.18 Å². The average Bonchev–Trinajstić information content (AvgIpc) is 3.14. The van der Waals surface area contributed by atoms with E-state index in [0.29, 0.717) is 18.4 Å². The molecule has 0 amide bonds. The molecule has 0 saturated carbocycles. The van der Waals surface area contributed by atoms with Crippen molar-refractivity contribution in [3.63, 3.8) is 0 Å². The summed E-state index contributed by atoms with van der Waals surface area (Å²) in [5, 5.41) is 9.77. The molecule has 3 aromatic rings. The normalized spacial score (nSPS) is 11.5. The Balaban J connectivity index is 1.70. The molecule has 0 fully saturated rings. The van der Waals surface area contributed by atoms with E-state index in [2.05, 4.69) is 9.97 Å². The number of nitriles is 1. The van der Waals surface area contributed by atoms with Crippen LogP contribution in [0, 0.1) is 11.3 Å². The maximum atomic E-state index is 12.9. The number of pyridine rings is 1. The largest absolute Gasteiger partial charge is 0.491 e. The first kappa shape index (κ1) is 20.8. The zero-order chi connectivity index (χ0) is 21.0. The van der Waals surface area contributed by atoms with Crippen molar-refractivity contribution in [1.82, 2.24) is 9.97 Å². The average molecular weight is 417 g/mol. The molecule has 29 heavy (non-hydrogen) atoms. The van der Waals surface area contributed by atoms with Crippen LogP contribution in [0.4, 0.5) is 13.2 Å². The molecule has 0 spiro atoms. The Morgan fingerprint density at radius 2 is 1.86 bits per heavy atom. The Hall–Kier alpha value is -2.92. The number of nitrogens with zero attached hydrogens (tertiary/aromatic N) is 3. The third-order valence-corrected chi connectivity index (χ3v) is 5.08. The maximum absolute atomic E-state index is 12.9. The standard InChI is InChI=1S/C21H18F3N3OS/c1-13(2)28-17-6-4-15(5-7-17)20-26-12-18(29-20)8-3-14-9-16(11-25)27-19(10-14)21(22,23)24/h4-7,9-10,12-13H,3,8H2,1-2H3. The molecule has 0 aliphatic rings. The molecule has 0 N–H and O–H groups in total. The summed E-state index contributed by atoms with van der Waals surface area (Å²) in [5.41, 5.74) is 0.102. The Kier molecular flexibility index (Phi) is 6.18. The van der Waals surface area contributed by atoms with E-state index >= 15 is 0 Å². The third kappa shape index (κ3) is 5.55. The van der Waals surface area contributed by atoms with Crippen LogP contribution in [0.15, 0.2) is 42.6 Å². The van der Waals surface area contributed by atoms with Gasteiger partial charge in [0.2, 0.25) is 0 Å². The third-order valence-electron chi connectivity index (χ3n) is 3.98. The van der Waals surface area contributed by atoms with Crippen molar-refractivity contribution in [1.29, 1.82) is 5.26 Å². The lowest BCUT2D eigenvalue weighted by molar-refractivity contribution is -0.141. The molecule has 0 unspecified atom stereocenters. The van der Waals surface area contributed by atoms with Gasteiger partial charge in [0.25, 0.3) is 0 Å². The monoisotopic (exact) mass is 417 g/mol. The topological polar surface area (TPSA) is 58.8 Å². The summed E-state index contributed by atoms with van der Waals surface area (Å²) in [7, 11) is 0. The van der Waals surface area contributed by atoms with Crippen LogP contribution in [0.1, 0.15) is 35.7 Å². The lowest BCUT2D eigenvalue weighted by Gasteiger charge is -2.09. The fourth-order valence-corrected chi connectivity index (χ4v) is 3.62. The molecule has 0 radical (unpaired) electrons. The second-order valence-electron chi connectivity index (χ2n) is 6.68. The van der Waals surface area contributed by atoms with E-state index in [9.17, 15) is 13.2 Å². The number of hydrogen-bond acceptors (Lipinski definition) is 5. The summed E-state index contributed by atoms with van der Waals surface area (Å²) in [6.45, 7) is 3.92. The second kappa shape index (κ2) is 8.62. The smallest absolute Gasteiger partial charge is 0.433 e. The number of hydrogen-bond donors (Lipinski definition) is 0. The molecule has 1 aromatic carbocycles. The van der Waals surface area contributed by atoms with E-state index in [1.807, 2.05) is 38.1 Å². The molecule has 8 heteroatoms. The van der Waals surface area contributed by atoms with Gasteiger partial charge in [-0.3, -0.25) is 0 Å². The summed E-state index contributed by atoms with van der Waals surface area (Å²) in [6.07, 6.45) is -1.86. The highest BCUT2D eigenvalue weighted by Gasteiger charge is 2.33. The van der Waals surface area contributed by atoms with Gasteiger partial charge in [-0.2, -0.15) is 18.4 Å². The molecule has 3 rings (SSSR count). The number of benzene rings is 1. The van der Waals surface area contributed by atoms with E-state index in [0.717, 1.165) is 27.3 Å². The van der Waals surface area contributed by atoms with E-state index < -0.39 is 11.9 Å². The van der Waals surface area contributed by atoms with Crippen LogP contribution < -0.4 is 4.74 Å². The molecule has 150 valence electrons. The number of rotatable bonds is 6. The van der Waals surface area contributed by atoms with Crippen LogP contribution in [0.2, 0.25) is 0 Å². The van der Waals surface area contributed by atoms with Gasteiger partial charge in [-0.15, -0.1) is 11.3 Å². The molecule has 2 heterocycles. The number of alkyl halides is 3. The van der Waals surface area contributed by atoms with Crippen molar-refractivity contribution in [2.75, 3.05) is 0 Å². The van der Waals surface area contributed by atoms with Gasteiger partial charge in [-0.1, -0.05) is 0 Å². The maximum Gasteiger partial charge on any atom is 0.433 e. The fraction of sp³-hybridized carbons (Fsp3) is 0.286. The molecule has 4 nitrogen and oxygen atoms in total. The zero-order valence-corrected chi connectivity index (χ0v) is 16.6. The van der Waals surface area contributed by atoms with Crippen LogP contribution in [0.25, 0.3) is 10.6 Å². The Morgan fingerprint density at radius 1 is 1.14 bits per heavy atom. The summed E-state index contributed by atoms with van der Waals surface area (Å²) >= 11 is 1.49. The van der Waals surface area contributed by atoms with Gasteiger partial charge in [0.15, 0.2) is 0 Å². The van der Waals surface area contributed by atoms with Crippen LogP contribution in [-0.2, 0) is 19.0 Å². The summed E-state index contributed by atoms with van der Waals surface area (Å²) in [5.74, 6) is 0.784. The van der Waals surface area contributed by atoms with Crippen LogP contribution in [0.3, 0.4) is 0 Å². The Bertz CT molecular complexity index is 1020. The first-order chi connectivity index (χ1) is 13.7. The minimum absolute atomic E-state index is 0.0971. The fourth-order valence-electron chi connectivity index (χ4n) is 2.71. The highest BCUT2D eigenvalue weighted by Crippen LogP contribution is 2.30. The minimum Gasteiger partial charge on any atom is -0.491 e. The minimum atomic E-state index is -4.58. The Labute approximate surface area is 170 Å². The Morgan fingerprint density at radius 3 is 2.48 bits per heavy atom. The molecule has 2 aromatic heterocycles. The number of ether oxygens (including phenoxy) is 1. The highest BCUT2D eigenvalue weighted by atomic mass is 32.1. The van der Waals surface area contributed by atoms with E-state index in [-0.39, 0.29) is 11.8 Å². The summed E-state index contributed by atoms with van der Waals surface area (Å²) in [4.78, 5) is 8.70. The SMILES string of the molecule is CC(C)Oc1ccc(-c2ncc(CCc3cc(C#N)nc(C(F)(F)F)c3)s2)cc1. The second-order valence-corrected chi connectivity index (χ2v) is 7.79. The summed E-state index contributed by atoms with van der Waals surface area (Å²) in [6, 6.07) is 11.7. The van der Waals surface area contributed by atoms with Crippen molar-refractivity contribution < 1.29 is 17.9 Å². The first-order valence-corrected chi connectivity index (χ1v) is 9.76. The van der Waals surface area contributed by atoms with Crippen molar-refractivity contribution in [3.8, 4) is 22.4 Å².